The molecule has 1 aromatic carbocycles. The molecule has 0 radical (unpaired) electrons. The Hall–Kier alpha value is -1.81. The van der Waals surface area contributed by atoms with Gasteiger partial charge in [0.1, 0.15) is 5.75 Å². The highest BCUT2D eigenvalue weighted by Gasteiger charge is 2.17. The first kappa shape index (κ1) is 12.6. The number of carbonyl (C=O) groups excluding carboxylic acids is 1. The second kappa shape index (κ2) is 5.23. The summed E-state index contributed by atoms with van der Waals surface area (Å²) in [6, 6.07) is 6.97. The van der Waals surface area contributed by atoms with Crippen molar-refractivity contribution < 1.29 is 9.53 Å². The number of carbonyl (C=O) groups is 1. The van der Waals surface area contributed by atoms with Crippen LogP contribution < -0.4 is 4.74 Å². The van der Waals surface area contributed by atoms with Crippen molar-refractivity contribution in [2.75, 3.05) is 0 Å². The first-order valence-corrected chi connectivity index (χ1v) is 5.92. The summed E-state index contributed by atoms with van der Waals surface area (Å²) in [5.74, 6) is 0.432. The van der Waals surface area contributed by atoms with Crippen LogP contribution in [0.25, 0.3) is 0 Å². The third-order valence-corrected chi connectivity index (χ3v) is 2.75. The number of hydrogen-bond donors (Lipinski definition) is 0. The maximum Gasteiger partial charge on any atom is 0.287 e. The fraction of sp³-hybridized carbons (Fsp3) is 0.231. The molecule has 0 aliphatic rings. The molecule has 0 spiro atoms. The molecule has 2 rings (SSSR count). The Morgan fingerprint density at radius 1 is 1.50 bits per heavy atom. The van der Waals surface area contributed by atoms with Crippen molar-refractivity contribution in [3.63, 3.8) is 0 Å². The van der Waals surface area contributed by atoms with Crippen molar-refractivity contribution in [1.29, 1.82) is 0 Å². The van der Waals surface area contributed by atoms with Gasteiger partial charge in [-0.05, 0) is 43.7 Å². The van der Waals surface area contributed by atoms with E-state index in [1.54, 1.807) is 43.6 Å². The average molecular weight is 265 g/mol. The zero-order chi connectivity index (χ0) is 13.1. The number of aryl methyl sites for hydroxylation is 1. The minimum absolute atomic E-state index is 0.214. The lowest BCUT2D eigenvalue weighted by Crippen LogP contribution is -2.29. The number of rotatable bonds is 3. The first-order chi connectivity index (χ1) is 8.58. The Kier molecular flexibility index (Phi) is 3.67. The van der Waals surface area contributed by atoms with E-state index in [4.69, 9.17) is 16.3 Å². The lowest BCUT2D eigenvalue weighted by atomic mass is 10.2. The molecule has 0 saturated carbocycles. The van der Waals surface area contributed by atoms with Gasteiger partial charge in [0.25, 0.3) is 5.91 Å². The monoisotopic (exact) mass is 264 g/mol. The molecule has 0 aliphatic carbocycles. The van der Waals surface area contributed by atoms with Crippen LogP contribution in [-0.4, -0.2) is 21.8 Å². The van der Waals surface area contributed by atoms with Crippen LogP contribution in [0.1, 0.15) is 17.3 Å². The Bertz CT molecular complexity index is 552. The Labute approximate surface area is 110 Å². The fourth-order valence-electron chi connectivity index (χ4n) is 1.57. The number of halogens is 1. The highest BCUT2D eigenvalue weighted by Crippen LogP contribution is 2.22. The Morgan fingerprint density at radius 3 is 2.89 bits per heavy atom. The Balaban J connectivity index is 2.11. The van der Waals surface area contributed by atoms with E-state index >= 15 is 0 Å². The molecule has 1 atom stereocenters. The molecule has 4 nitrogen and oxygen atoms in total. The summed E-state index contributed by atoms with van der Waals surface area (Å²) >= 11 is 5.86. The van der Waals surface area contributed by atoms with E-state index in [1.165, 1.54) is 4.68 Å². The van der Waals surface area contributed by atoms with E-state index in [0.29, 0.717) is 10.8 Å². The second-order valence-electron chi connectivity index (χ2n) is 3.96. The van der Waals surface area contributed by atoms with Crippen LogP contribution >= 0.6 is 11.6 Å². The van der Waals surface area contributed by atoms with E-state index in [0.717, 1.165) is 5.56 Å². The van der Waals surface area contributed by atoms with Gasteiger partial charge in [0.05, 0.1) is 0 Å². The van der Waals surface area contributed by atoms with E-state index in [-0.39, 0.29) is 5.91 Å². The zero-order valence-electron chi connectivity index (χ0n) is 10.1. The number of ether oxygens (including phenoxy) is 1. The summed E-state index contributed by atoms with van der Waals surface area (Å²) < 4.78 is 6.88. The first-order valence-electron chi connectivity index (χ1n) is 5.54. The van der Waals surface area contributed by atoms with Crippen molar-refractivity contribution in [2.24, 2.45) is 0 Å². The number of aromatic nitrogens is 2. The molecule has 0 amide bonds. The molecule has 1 unspecified atom stereocenters. The van der Waals surface area contributed by atoms with Crippen molar-refractivity contribution in [2.45, 2.75) is 20.0 Å². The van der Waals surface area contributed by atoms with Crippen LogP contribution in [0.3, 0.4) is 0 Å². The van der Waals surface area contributed by atoms with E-state index < -0.39 is 6.10 Å². The van der Waals surface area contributed by atoms with Gasteiger partial charge in [0.15, 0.2) is 6.10 Å². The molecular weight excluding hydrogens is 252 g/mol. The summed E-state index contributed by atoms with van der Waals surface area (Å²) in [5, 5.41) is 4.53. The van der Waals surface area contributed by atoms with Gasteiger partial charge in [-0.15, -0.1) is 0 Å². The molecule has 5 heteroatoms. The smallest absolute Gasteiger partial charge is 0.287 e. The van der Waals surface area contributed by atoms with Crippen LogP contribution in [0.5, 0.6) is 5.75 Å². The normalized spacial score (nSPS) is 12.2. The van der Waals surface area contributed by atoms with Crippen molar-refractivity contribution >= 4 is 17.5 Å². The van der Waals surface area contributed by atoms with E-state index in [9.17, 15) is 4.79 Å². The van der Waals surface area contributed by atoms with Gasteiger partial charge in [-0.2, -0.15) is 5.10 Å². The third-order valence-electron chi connectivity index (χ3n) is 2.52. The van der Waals surface area contributed by atoms with Gasteiger partial charge in [-0.1, -0.05) is 11.6 Å². The van der Waals surface area contributed by atoms with Gasteiger partial charge < -0.3 is 4.74 Å². The summed E-state index contributed by atoms with van der Waals surface area (Å²) in [6.45, 7) is 3.57. The van der Waals surface area contributed by atoms with Crippen LogP contribution in [0.2, 0.25) is 5.02 Å². The molecule has 1 aromatic heterocycles. The van der Waals surface area contributed by atoms with Crippen molar-refractivity contribution in [3.8, 4) is 5.75 Å². The molecule has 0 saturated heterocycles. The topological polar surface area (TPSA) is 44.1 Å². The van der Waals surface area contributed by atoms with Crippen LogP contribution in [0.15, 0.2) is 36.7 Å². The van der Waals surface area contributed by atoms with Crippen LogP contribution in [-0.2, 0) is 0 Å². The molecule has 18 heavy (non-hydrogen) atoms. The average Bonchev–Trinajstić information content (AvgIpc) is 2.85. The van der Waals surface area contributed by atoms with Gasteiger partial charge >= 0.3 is 0 Å². The lowest BCUT2D eigenvalue weighted by Gasteiger charge is -2.15. The maximum absolute atomic E-state index is 11.9. The van der Waals surface area contributed by atoms with Gasteiger partial charge in [0, 0.05) is 17.4 Å². The lowest BCUT2D eigenvalue weighted by molar-refractivity contribution is 0.0709. The van der Waals surface area contributed by atoms with Crippen molar-refractivity contribution in [3.05, 3.63) is 47.2 Å². The summed E-state index contributed by atoms with van der Waals surface area (Å²) in [7, 11) is 0. The number of benzene rings is 1. The molecule has 2 aromatic rings. The SMILES string of the molecule is Cc1cc(Cl)ccc1OC(C)C(=O)n1cccn1. The molecule has 94 valence electrons. The van der Waals surface area contributed by atoms with E-state index in [1.807, 2.05) is 6.92 Å². The highest BCUT2D eigenvalue weighted by molar-refractivity contribution is 6.30. The Morgan fingerprint density at radius 2 is 2.28 bits per heavy atom. The molecule has 1 heterocycles. The molecule has 0 N–H and O–H groups in total. The van der Waals surface area contributed by atoms with Crippen LogP contribution in [0.4, 0.5) is 0 Å². The third kappa shape index (κ3) is 2.71. The van der Waals surface area contributed by atoms with Gasteiger partial charge in [-0.3, -0.25) is 4.79 Å². The molecule has 0 aliphatic heterocycles. The standard InChI is InChI=1S/C13H13ClN2O2/c1-9-8-11(14)4-5-12(9)18-10(2)13(17)16-7-3-6-15-16/h3-8,10H,1-2H3. The zero-order valence-corrected chi connectivity index (χ0v) is 10.9. The summed E-state index contributed by atoms with van der Waals surface area (Å²) in [6.07, 6.45) is 2.54. The van der Waals surface area contributed by atoms with Crippen LogP contribution in [0, 0.1) is 6.92 Å². The minimum atomic E-state index is -0.607. The van der Waals surface area contributed by atoms with Gasteiger partial charge in [0.2, 0.25) is 0 Å². The molecule has 0 fully saturated rings. The minimum Gasteiger partial charge on any atom is -0.481 e. The van der Waals surface area contributed by atoms with E-state index in [2.05, 4.69) is 5.10 Å². The predicted octanol–water partition coefficient (Wildman–Crippen LogP) is 2.95. The number of nitrogens with zero attached hydrogens (tertiary/aromatic N) is 2. The summed E-state index contributed by atoms with van der Waals surface area (Å²) in [4.78, 5) is 11.9. The van der Waals surface area contributed by atoms with Gasteiger partial charge in [-0.25, -0.2) is 4.68 Å². The maximum atomic E-state index is 11.9. The highest BCUT2D eigenvalue weighted by atomic mass is 35.5. The summed E-state index contributed by atoms with van der Waals surface area (Å²) in [5.41, 5.74) is 0.891. The molecule has 0 bridgehead atoms. The largest absolute Gasteiger partial charge is 0.481 e. The van der Waals surface area contributed by atoms with Crippen molar-refractivity contribution in [1.82, 2.24) is 9.78 Å². The number of hydrogen-bond acceptors (Lipinski definition) is 3. The second-order valence-corrected chi connectivity index (χ2v) is 4.40. The fourth-order valence-corrected chi connectivity index (χ4v) is 1.80. The predicted molar refractivity (Wildman–Crippen MR) is 69.1 cm³/mol. The quantitative estimate of drug-likeness (QED) is 0.856. The molecular formula is C13H13ClN2O2.